The largest absolute Gasteiger partial charge is 0.469 e. The standard InChI is InChI=1S/C30H41N3O7S/c1-19(2)25(33(4)30(37)22-16-39-17-22)15-26(40-20(3)34)29-32-24(18-41-29)28(36)31-23(13-14-27(35)38-5)12-11-21-9-7-6-8-10-21/h6-10,18-19,22-23,25-26H,11-17H2,1-5H3,(H,31,36)/t23-,25?,26+/m0/s1. The molecule has 2 amide bonds. The fourth-order valence-electron chi connectivity index (χ4n) is 4.79. The van der Waals surface area contributed by atoms with E-state index in [0.29, 0.717) is 37.5 Å². The molecule has 0 bridgehead atoms. The summed E-state index contributed by atoms with van der Waals surface area (Å²) in [5.74, 6) is -1.23. The number of hydrogen-bond acceptors (Lipinski definition) is 9. The Morgan fingerprint density at radius 1 is 1.15 bits per heavy atom. The monoisotopic (exact) mass is 587 g/mol. The molecule has 0 spiro atoms. The number of aryl methyl sites for hydroxylation is 1. The fraction of sp³-hybridized carbons (Fsp3) is 0.567. The van der Waals surface area contributed by atoms with Gasteiger partial charge in [0.05, 0.1) is 26.2 Å². The first kappa shape index (κ1) is 32.2. The number of amides is 2. The Morgan fingerprint density at radius 3 is 2.44 bits per heavy atom. The van der Waals surface area contributed by atoms with Crippen LogP contribution in [0.5, 0.6) is 0 Å². The maximum atomic E-state index is 13.2. The average Bonchev–Trinajstić information content (AvgIpc) is 3.41. The SMILES string of the molecule is COC(=O)CC[C@H](CCc1ccccc1)NC(=O)c1csc([C@@H](CC(C(C)C)N(C)C(=O)C2COC2)OC(C)=O)n1. The van der Waals surface area contributed by atoms with Crippen molar-refractivity contribution in [2.24, 2.45) is 11.8 Å². The van der Waals surface area contributed by atoms with E-state index in [0.717, 1.165) is 12.0 Å². The molecule has 1 saturated heterocycles. The number of rotatable bonds is 15. The van der Waals surface area contributed by atoms with E-state index >= 15 is 0 Å². The van der Waals surface area contributed by atoms with Gasteiger partial charge >= 0.3 is 11.9 Å². The Bertz CT molecular complexity index is 1170. The summed E-state index contributed by atoms with van der Waals surface area (Å²) >= 11 is 1.24. The highest BCUT2D eigenvalue weighted by Crippen LogP contribution is 2.31. The highest BCUT2D eigenvalue weighted by atomic mass is 32.1. The van der Waals surface area contributed by atoms with Crippen LogP contribution in [0.1, 0.15) is 73.6 Å². The Balaban J connectivity index is 1.72. The Morgan fingerprint density at radius 2 is 1.85 bits per heavy atom. The van der Waals surface area contributed by atoms with Crippen molar-refractivity contribution in [1.82, 2.24) is 15.2 Å². The van der Waals surface area contributed by atoms with Gasteiger partial charge in [-0.15, -0.1) is 11.3 Å². The third kappa shape index (κ3) is 9.64. The number of nitrogens with zero attached hydrogens (tertiary/aromatic N) is 2. The summed E-state index contributed by atoms with van der Waals surface area (Å²) in [5, 5.41) is 5.14. The third-order valence-corrected chi connectivity index (χ3v) is 8.22. The lowest BCUT2D eigenvalue weighted by molar-refractivity contribution is -0.154. The molecular weight excluding hydrogens is 546 g/mol. The van der Waals surface area contributed by atoms with E-state index in [1.54, 1.807) is 17.3 Å². The van der Waals surface area contributed by atoms with Crippen molar-refractivity contribution in [2.45, 2.75) is 71.1 Å². The van der Waals surface area contributed by atoms with Crippen LogP contribution in [0.25, 0.3) is 0 Å². The number of ether oxygens (including phenoxy) is 3. The summed E-state index contributed by atoms with van der Waals surface area (Å²) in [4.78, 5) is 56.2. The van der Waals surface area contributed by atoms with Crippen molar-refractivity contribution in [2.75, 3.05) is 27.4 Å². The first-order chi connectivity index (χ1) is 19.6. The summed E-state index contributed by atoms with van der Waals surface area (Å²) < 4.78 is 15.6. The second-order valence-corrected chi connectivity index (χ2v) is 11.6. The molecule has 0 radical (unpaired) electrons. The van der Waals surface area contributed by atoms with Crippen molar-refractivity contribution in [3.63, 3.8) is 0 Å². The molecule has 1 fully saturated rings. The first-order valence-corrected chi connectivity index (χ1v) is 14.9. The number of carbonyl (C=O) groups is 4. The maximum Gasteiger partial charge on any atom is 0.305 e. The predicted octanol–water partition coefficient (Wildman–Crippen LogP) is 3.95. The topological polar surface area (TPSA) is 124 Å². The van der Waals surface area contributed by atoms with E-state index in [4.69, 9.17) is 14.2 Å². The Labute approximate surface area is 245 Å². The highest BCUT2D eigenvalue weighted by Gasteiger charge is 2.35. The average molecular weight is 588 g/mol. The summed E-state index contributed by atoms with van der Waals surface area (Å²) in [6.45, 7) is 6.19. The molecular formula is C30H41N3O7S. The van der Waals surface area contributed by atoms with Crippen LogP contribution in [0, 0.1) is 11.8 Å². The van der Waals surface area contributed by atoms with Gasteiger partial charge < -0.3 is 24.4 Å². The van der Waals surface area contributed by atoms with Crippen LogP contribution in [0.15, 0.2) is 35.7 Å². The molecule has 1 unspecified atom stereocenters. The fourth-order valence-corrected chi connectivity index (χ4v) is 5.63. The maximum absolute atomic E-state index is 13.2. The van der Waals surface area contributed by atoms with Crippen LogP contribution < -0.4 is 5.32 Å². The number of carbonyl (C=O) groups excluding carboxylic acids is 4. The van der Waals surface area contributed by atoms with Crippen molar-refractivity contribution in [3.05, 3.63) is 52.0 Å². The van der Waals surface area contributed by atoms with Gasteiger partial charge in [-0.1, -0.05) is 44.2 Å². The lowest BCUT2D eigenvalue weighted by atomic mass is 9.94. The molecule has 2 aromatic rings. The van der Waals surface area contributed by atoms with Gasteiger partial charge in [-0.05, 0) is 30.7 Å². The summed E-state index contributed by atoms with van der Waals surface area (Å²) in [7, 11) is 3.11. The minimum Gasteiger partial charge on any atom is -0.469 e. The zero-order valence-corrected chi connectivity index (χ0v) is 25.3. The van der Waals surface area contributed by atoms with E-state index in [-0.39, 0.29) is 53.8 Å². The quantitative estimate of drug-likeness (QED) is 0.311. The number of esters is 2. The molecule has 1 N–H and O–H groups in total. The molecule has 0 saturated carbocycles. The van der Waals surface area contributed by atoms with Crippen molar-refractivity contribution in [3.8, 4) is 0 Å². The molecule has 2 heterocycles. The minimum atomic E-state index is -0.715. The van der Waals surface area contributed by atoms with Gasteiger partial charge in [0.15, 0.2) is 6.10 Å². The molecule has 1 aliphatic heterocycles. The van der Waals surface area contributed by atoms with Crippen molar-refractivity contribution >= 4 is 35.1 Å². The van der Waals surface area contributed by atoms with E-state index in [1.807, 2.05) is 44.2 Å². The lowest BCUT2D eigenvalue weighted by Crippen LogP contribution is -2.49. The van der Waals surface area contributed by atoms with Crippen LogP contribution in [-0.4, -0.2) is 73.1 Å². The van der Waals surface area contributed by atoms with Gasteiger partial charge in [0.1, 0.15) is 10.7 Å². The molecule has 3 atom stereocenters. The van der Waals surface area contributed by atoms with E-state index in [2.05, 4.69) is 10.3 Å². The second kappa shape index (κ2) is 15.6. The molecule has 1 aromatic heterocycles. The smallest absolute Gasteiger partial charge is 0.305 e. The lowest BCUT2D eigenvalue weighted by Gasteiger charge is -2.37. The second-order valence-electron chi connectivity index (χ2n) is 10.7. The van der Waals surface area contributed by atoms with Gasteiger partial charge in [-0.2, -0.15) is 0 Å². The van der Waals surface area contributed by atoms with Gasteiger partial charge in [-0.25, -0.2) is 4.98 Å². The van der Waals surface area contributed by atoms with Crippen molar-refractivity contribution in [1.29, 1.82) is 0 Å². The molecule has 224 valence electrons. The van der Waals surface area contributed by atoms with Crippen molar-refractivity contribution < 1.29 is 33.4 Å². The van der Waals surface area contributed by atoms with E-state index in [1.165, 1.54) is 25.4 Å². The third-order valence-electron chi connectivity index (χ3n) is 7.28. The first-order valence-electron chi connectivity index (χ1n) is 14.0. The predicted molar refractivity (Wildman–Crippen MR) is 154 cm³/mol. The van der Waals surface area contributed by atoms with Crippen LogP contribution in [-0.2, 0) is 35.0 Å². The van der Waals surface area contributed by atoms with Gasteiger partial charge in [0.2, 0.25) is 5.91 Å². The molecule has 11 heteroatoms. The van der Waals surface area contributed by atoms with E-state index < -0.39 is 12.1 Å². The molecule has 1 aromatic carbocycles. The number of hydrogen-bond donors (Lipinski definition) is 1. The summed E-state index contributed by atoms with van der Waals surface area (Å²) in [5.41, 5.74) is 1.35. The Kier molecular flexibility index (Phi) is 12.3. The zero-order chi connectivity index (χ0) is 29.9. The van der Waals surface area contributed by atoms with E-state index in [9.17, 15) is 19.2 Å². The molecule has 0 aliphatic carbocycles. The molecule has 1 aliphatic rings. The highest BCUT2D eigenvalue weighted by molar-refractivity contribution is 7.09. The number of methoxy groups -OCH3 is 1. The number of nitrogens with one attached hydrogen (secondary N) is 1. The van der Waals surface area contributed by atoms with Crippen LogP contribution in [0.4, 0.5) is 0 Å². The van der Waals surface area contributed by atoms with Gasteiger partial charge in [0, 0.05) is 44.3 Å². The molecule has 10 nitrogen and oxygen atoms in total. The number of aromatic nitrogens is 1. The number of thiazole rings is 1. The minimum absolute atomic E-state index is 0.00392. The van der Waals surface area contributed by atoms with Gasteiger partial charge in [0.25, 0.3) is 5.91 Å². The normalized spacial score (nSPS) is 15.4. The van der Waals surface area contributed by atoms with Crippen LogP contribution in [0.3, 0.4) is 0 Å². The van der Waals surface area contributed by atoms with Crippen LogP contribution >= 0.6 is 11.3 Å². The summed E-state index contributed by atoms with van der Waals surface area (Å²) in [6, 6.07) is 9.45. The summed E-state index contributed by atoms with van der Waals surface area (Å²) in [6.07, 6.45) is 1.62. The number of benzene rings is 1. The zero-order valence-electron chi connectivity index (χ0n) is 24.5. The Hall–Kier alpha value is -3.31. The van der Waals surface area contributed by atoms with Gasteiger partial charge in [-0.3, -0.25) is 19.2 Å². The molecule has 3 rings (SSSR count). The van der Waals surface area contributed by atoms with Crippen LogP contribution in [0.2, 0.25) is 0 Å². The molecule has 41 heavy (non-hydrogen) atoms.